The van der Waals surface area contributed by atoms with Crippen LogP contribution < -0.4 is 10.6 Å². The summed E-state index contributed by atoms with van der Waals surface area (Å²) in [6.07, 6.45) is 3.33. The van der Waals surface area contributed by atoms with Crippen LogP contribution in [-0.4, -0.2) is 35.5 Å². The first-order chi connectivity index (χ1) is 9.19. The largest absolute Gasteiger partial charge is 0.406 e. The van der Waals surface area contributed by atoms with E-state index in [1.54, 1.807) is 0 Å². The van der Waals surface area contributed by atoms with Gasteiger partial charge in [0.15, 0.2) is 0 Å². The molecule has 6 nitrogen and oxygen atoms in total. The zero-order valence-corrected chi connectivity index (χ0v) is 12.0. The molecule has 1 aliphatic rings. The molecule has 0 amide bonds. The van der Waals surface area contributed by atoms with Crippen molar-refractivity contribution in [3.05, 3.63) is 5.89 Å². The average molecular weight is 268 g/mol. The minimum Gasteiger partial charge on any atom is -0.406 e. The molecule has 19 heavy (non-hydrogen) atoms. The van der Waals surface area contributed by atoms with E-state index in [-0.39, 0.29) is 6.04 Å². The molecule has 6 heteroatoms. The SMILES string of the molecule is CCCNC(C)c1nnc(NC2CCOC(C)C2)o1. The molecule has 0 aromatic carbocycles. The van der Waals surface area contributed by atoms with E-state index in [2.05, 4.69) is 34.7 Å². The fourth-order valence-electron chi connectivity index (χ4n) is 2.22. The van der Waals surface area contributed by atoms with Crippen molar-refractivity contribution in [3.63, 3.8) is 0 Å². The second-order valence-corrected chi connectivity index (χ2v) is 5.17. The van der Waals surface area contributed by atoms with Crippen molar-refractivity contribution in [2.75, 3.05) is 18.5 Å². The molecule has 3 atom stereocenters. The number of hydrogen-bond acceptors (Lipinski definition) is 6. The summed E-state index contributed by atoms with van der Waals surface area (Å²) < 4.78 is 11.2. The zero-order valence-electron chi connectivity index (χ0n) is 12.0. The van der Waals surface area contributed by atoms with Gasteiger partial charge in [-0.2, -0.15) is 0 Å². The summed E-state index contributed by atoms with van der Waals surface area (Å²) in [5.41, 5.74) is 0. The van der Waals surface area contributed by atoms with Crippen LogP contribution in [0.4, 0.5) is 6.01 Å². The Morgan fingerprint density at radius 2 is 2.26 bits per heavy atom. The Morgan fingerprint density at radius 3 is 3.00 bits per heavy atom. The van der Waals surface area contributed by atoms with Gasteiger partial charge in [0, 0.05) is 12.6 Å². The van der Waals surface area contributed by atoms with Crippen molar-refractivity contribution in [3.8, 4) is 0 Å². The Bertz CT molecular complexity index is 382. The molecular formula is C13H24N4O2. The maximum absolute atomic E-state index is 5.64. The monoisotopic (exact) mass is 268 g/mol. The third-order valence-electron chi connectivity index (χ3n) is 3.32. The van der Waals surface area contributed by atoms with Crippen LogP contribution in [-0.2, 0) is 4.74 Å². The van der Waals surface area contributed by atoms with Gasteiger partial charge >= 0.3 is 6.01 Å². The van der Waals surface area contributed by atoms with Crippen LogP contribution in [0.3, 0.4) is 0 Å². The van der Waals surface area contributed by atoms with Gasteiger partial charge in [0.25, 0.3) is 0 Å². The maximum atomic E-state index is 5.64. The molecule has 2 rings (SSSR count). The summed E-state index contributed by atoms with van der Waals surface area (Å²) in [4.78, 5) is 0. The molecule has 2 N–H and O–H groups in total. The van der Waals surface area contributed by atoms with Gasteiger partial charge in [-0.3, -0.25) is 0 Å². The quantitative estimate of drug-likeness (QED) is 0.823. The van der Waals surface area contributed by atoms with Crippen LogP contribution >= 0.6 is 0 Å². The van der Waals surface area contributed by atoms with E-state index in [1.165, 1.54) is 0 Å². The number of aromatic nitrogens is 2. The highest BCUT2D eigenvalue weighted by Gasteiger charge is 2.21. The Balaban J connectivity index is 1.86. The van der Waals surface area contributed by atoms with Gasteiger partial charge < -0.3 is 19.8 Å². The van der Waals surface area contributed by atoms with E-state index >= 15 is 0 Å². The van der Waals surface area contributed by atoms with Crippen molar-refractivity contribution in [2.45, 2.75) is 58.2 Å². The number of nitrogens with one attached hydrogen (secondary N) is 2. The summed E-state index contributed by atoms with van der Waals surface area (Å²) in [5.74, 6) is 0.635. The lowest BCUT2D eigenvalue weighted by atomic mass is 10.1. The molecule has 1 saturated heterocycles. The Morgan fingerprint density at radius 1 is 1.42 bits per heavy atom. The van der Waals surface area contributed by atoms with Gasteiger partial charge in [0.1, 0.15) is 0 Å². The summed E-state index contributed by atoms with van der Waals surface area (Å²) in [5, 5.41) is 14.8. The van der Waals surface area contributed by atoms with E-state index in [4.69, 9.17) is 9.15 Å². The predicted octanol–water partition coefficient (Wildman–Crippen LogP) is 2.11. The highest BCUT2D eigenvalue weighted by molar-refractivity contribution is 5.20. The van der Waals surface area contributed by atoms with Gasteiger partial charge in [-0.15, -0.1) is 5.10 Å². The Labute approximate surface area is 114 Å². The molecule has 1 aliphatic heterocycles. The third-order valence-corrected chi connectivity index (χ3v) is 3.32. The lowest BCUT2D eigenvalue weighted by Crippen LogP contribution is -2.32. The van der Waals surface area contributed by atoms with Crippen molar-refractivity contribution in [2.24, 2.45) is 0 Å². The standard InChI is InChI=1S/C13H24N4O2/c1-4-6-14-10(3)12-16-17-13(19-12)15-11-5-7-18-9(2)8-11/h9-11,14H,4-8H2,1-3H3,(H,15,17). The zero-order chi connectivity index (χ0) is 13.7. The summed E-state index contributed by atoms with van der Waals surface area (Å²) in [7, 11) is 0. The van der Waals surface area contributed by atoms with Crippen LogP contribution in [0.2, 0.25) is 0 Å². The minimum atomic E-state index is 0.0941. The molecule has 1 fully saturated rings. The van der Waals surface area contributed by atoms with Crippen LogP contribution in [0.15, 0.2) is 4.42 Å². The molecule has 0 aliphatic carbocycles. The van der Waals surface area contributed by atoms with Crippen molar-refractivity contribution in [1.82, 2.24) is 15.5 Å². The van der Waals surface area contributed by atoms with Crippen LogP contribution in [0.25, 0.3) is 0 Å². The van der Waals surface area contributed by atoms with Gasteiger partial charge in [-0.05, 0) is 39.7 Å². The topological polar surface area (TPSA) is 72.2 Å². The van der Waals surface area contributed by atoms with E-state index < -0.39 is 0 Å². The van der Waals surface area contributed by atoms with Gasteiger partial charge in [0.2, 0.25) is 5.89 Å². The van der Waals surface area contributed by atoms with Gasteiger partial charge in [-0.25, -0.2) is 0 Å². The van der Waals surface area contributed by atoms with Gasteiger partial charge in [-0.1, -0.05) is 12.0 Å². The van der Waals surface area contributed by atoms with E-state index in [9.17, 15) is 0 Å². The van der Waals surface area contributed by atoms with E-state index in [0.717, 1.165) is 32.4 Å². The molecule has 108 valence electrons. The number of rotatable bonds is 6. The molecular weight excluding hydrogens is 244 g/mol. The first-order valence-corrected chi connectivity index (χ1v) is 7.14. The Hall–Kier alpha value is -1.14. The second kappa shape index (κ2) is 6.86. The predicted molar refractivity (Wildman–Crippen MR) is 73.1 cm³/mol. The molecule has 0 saturated carbocycles. The number of ether oxygens (including phenoxy) is 1. The fourth-order valence-corrected chi connectivity index (χ4v) is 2.22. The minimum absolute atomic E-state index is 0.0941. The van der Waals surface area contributed by atoms with E-state index in [0.29, 0.717) is 24.1 Å². The van der Waals surface area contributed by atoms with Crippen molar-refractivity contribution in [1.29, 1.82) is 0 Å². The summed E-state index contributed by atoms with van der Waals surface area (Å²) in [6, 6.07) is 0.965. The van der Waals surface area contributed by atoms with Crippen LogP contribution in [0.1, 0.15) is 52.0 Å². The molecule has 1 aromatic heterocycles. The number of hydrogen-bond donors (Lipinski definition) is 2. The normalized spacial score (nSPS) is 25.2. The van der Waals surface area contributed by atoms with Gasteiger partial charge in [0.05, 0.1) is 12.1 Å². The molecule has 3 unspecified atom stereocenters. The van der Waals surface area contributed by atoms with E-state index in [1.807, 2.05) is 6.92 Å². The number of anilines is 1. The Kier molecular flexibility index (Phi) is 5.15. The van der Waals surface area contributed by atoms with Crippen molar-refractivity contribution >= 4 is 6.01 Å². The smallest absolute Gasteiger partial charge is 0.315 e. The first kappa shape index (κ1) is 14.3. The average Bonchev–Trinajstić information content (AvgIpc) is 2.84. The molecule has 1 aromatic rings. The molecule has 2 heterocycles. The molecule has 0 bridgehead atoms. The maximum Gasteiger partial charge on any atom is 0.315 e. The number of nitrogens with zero attached hydrogens (tertiary/aromatic N) is 2. The summed E-state index contributed by atoms with van der Waals surface area (Å²) in [6.45, 7) is 7.98. The van der Waals surface area contributed by atoms with Crippen LogP contribution in [0.5, 0.6) is 0 Å². The highest BCUT2D eigenvalue weighted by atomic mass is 16.5. The van der Waals surface area contributed by atoms with Crippen molar-refractivity contribution < 1.29 is 9.15 Å². The fraction of sp³-hybridized carbons (Fsp3) is 0.846. The molecule has 0 radical (unpaired) electrons. The first-order valence-electron chi connectivity index (χ1n) is 7.14. The second-order valence-electron chi connectivity index (χ2n) is 5.17. The lowest BCUT2D eigenvalue weighted by Gasteiger charge is -2.27. The van der Waals surface area contributed by atoms with Crippen LogP contribution in [0, 0.1) is 0 Å². The highest BCUT2D eigenvalue weighted by Crippen LogP contribution is 2.19. The summed E-state index contributed by atoms with van der Waals surface area (Å²) >= 11 is 0. The lowest BCUT2D eigenvalue weighted by molar-refractivity contribution is 0.0229. The third kappa shape index (κ3) is 4.18. The molecule has 0 spiro atoms.